The SMILES string of the molecule is CC(C)c1ccc(NC(=O)[C@@H](CCS(C)(=O)=O)NC(=O)c2ccccc2Br)cc1. The molecule has 0 bridgehead atoms. The van der Waals surface area contributed by atoms with Gasteiger partial charge in [-0.25, -0.2) is 8.42 Å². The Morgan fingerprint density at radius 2 is 1.66 bits per heavy atom. The Morgan fingerprint density at radius 1 is 1.03 bits per heavy atom. The zero-order chi connectivity index (χ0) is 21.6. The Morgan fingerprint density at radius 3 is 2.21 bits per heavy atom. The van der Waals surface area contributed by atoms with Crippen molar-refractivity contribution in [1.29, 1.82) is 0 Å². The second-order valence-corrected chi connectivity index (χ2v) is 10.3. The van der Waals surface area contributed by atoms with Crippen molar-refractivity contribution in [2.45, 2.75) is 32.2 Å². The van der Waals surface area contributed by atoms with Crippen molar-refractivity contribution < 1.29 is 18.0 Å². The van der Waals surface area contributed by atoms with E-state index in [0.717, 1.165) is 11.8 Å². The minimum Gasteiger partial charge on any atom is -0.340 e. The van der Waals surface area contributed by atoms with Gasteiger partial charge in [-0.3, -0.25) is 9.59 Å². The number of halogens is 1. The van der Waals surface area contributed by atoms with Crippen molar-refractivity contribution in [3.8, 4) is 0 Å². The van der Waals surface area contributed by atoms with Crippen LogP contribution < -0.4 is 10.6 Å². The van der Waals surface area contributed by atoms with E-state index in [1.54, 1.807) is 36.4 Å². The number of amides is 2. The van der Waals surface area contributed by atoms with Gasteiger partial charge in [0.25, 0.3) is 5.91 Å². The Bertz CT molecular complexity index is 972. The van der Waals surface area contributed by atoms with Gasteiger partial charge in [-0.1, -0.05) is 38.1 Å². The lowest BCUT2D eigenvalue weighted by Crippen LogP contribution is -2.44. The standard InChI is InChI=1S/C21H25BrN2O4S/c1-14(2)15-8-10-16(11-9-15)23-21(26)19(12-13-29(3,27)28)24-20(25)17-6-4-5-7-18(17)22/h4-11,14,19H,12-13H2,1-3H3,(H,23,26)(H,24,25)/t19-/m1/s1. The number of carbonyl (C=O) groups excluding carboxylic acids is 2. The third-order valence-electron chi connectivity index (χ3n) is 4.36. The maximum Gasteiger partial charge on any atom is 0.253 e. The van der Waals surface area contributed by atoms with Crippen molar-refractivity contribution in [2.75, 3.05) is 17.3 Å². The van der Waals surface area contributed by atoms with Crippen molar-refractivity contribution in [2.24, 2.45) is 0 Å². The van der Waals surface area contributed by atoms with Gasteiger partial charge < -0.3 is 10.6 Å². The van der Waals surface area contributed by atoms with Gasteiger partial charge in [-0.2, -0.15) is 0 Å². The first-order valence-electron chi connectivity index (χ1n) is 9.21. The van der Waals surface area contributed by atoms with Crippen molar-refractivity contribution in [1.82, 2.24) is 5.32 Å². The molecule has 0 aromatic heterocycles. The van der Waals surface area contributed by atoms with E-state index in [1.165, 1.54) is 0 Å². The molecule has 6 nitrogen and oxygen atoms in total. The van der Waals surface area contributed by atoms with E-state index in [1.807, 2.05) is 12.1 Å². The Labute approximate surface area is 180 Å². The average molecular weight is 481 g/mol. The van der Waals surface area contributed by atoms with E-state index in [4.69, 9.17) is 0 Å². The summed E-state index contributed by atoms with van der Waals surface area (Å²) >= 11 is 3.31. The fourth-order valence-electron chi connectivity index (χ4n) is 2.66. The number of carbonyl (C=O) groups is 2. The summed E-state index contributed by atoms with van der Waals surface area (Å²) in [5.74, 6) is -0.772. The summed E-state index contributed by atoms with van der Waals surface area (Å²) < 4.78 is 23.7. The Kier molecular flexibility index (Phi) is 7.98. The molecule has 0 aliphatic rings. The van der Waals surface area contributed by atoms with Gasteiger partial charge in [0.15, 0.2) is 0 Å². The van der Waals surface area contributed by atoms with E-state index in [9.17, 15) is 18.0 Å². The molecular weight excluding hydrogens is 456 g/mol. The lowest BCUT2D eigenvalue weighted by molar-refractivity contribution is -0.118. The van der Waals surface area contributed by atoms with Crippen molar-refractivity contribution in [3.05, 3.63) is 64.1 Å². The van der Waals surface area contributed by atoms with Crippen molar-refractivity contribution >= 4 is 43.3 Å². The van der Waals surface area contributed by atoms with Crippen LogP contribution in [-0.4, -0.2) is 38.3 Å². The predicted octanol–water partition coefficient (Wildman–Crippen LogP) is 3.74. The van der Waals surface area contributed by atoms with E-state index in [0.29, 0.717) is 21.6 Å². The molecule has 0 spiro atoms. The van der Waals surface area contributed by atoms with Gasteiger partial charge >= 0.3 is 0 Å². The number of anilines is 1. The third-order valence-corrected chi connectivity index (χ3v) is 6.03. The second-order valence-electron chi connectivity index (χ2n) is 7.19. The molecule has 0 unspecified atom stereocenters. The molecule has 2 aromatic carbocycles. The van der Waals surface area contributed by atoms with E-state index < -0.39 is 27.7 Å². The molecule has 0 heterocycles. The highest BCUT2D eigenvalue weighted by molar-refractivity contribution is 9.10. The van der Waals surface area contributed by atoms with Gasteiger partial charge in [0.1, 0.15) is 15.9 Å². The number of rotatable bonds is 8. The summed E-state index contributed by atoms with van der Waals surface area (Å²) in [6.07, 6.45) is 1.08. The van der Waals surface area contributed by atoms with Crippen LogP contribution in [0, 0.1) is 0 Å². The lowest BCUT2D eigenvalue weighted by Gasteiger charge is -2.19. The number of hydrogen-bond donors (Lipinski definition) is 2. The fraction of sp³-hybridized carbons (Fsp3) is 0.333. The fourth-order valence-corrected chi connectivity index (χ4v) is 3.79. The molecule has 0 aliphatic carbocycles. The highest BCUT2D eigenvalue weighted by Gasteiger charge is 2.24. The number of nitrogens with one attached hydrogen (secondary N) is 2. The molecule has 2 amide bonds. The Balaban J connectivity index is 2.16. The van der Waals surface area contributed by atoms with Crippen LogP contribution in [0.25, 0.3) is 0 Å². The summed E-state index contributed by atoms with van der Waals surface area (Å²) in [6, 6.07) is 13.3. The zero-order valence-electron chi connectivity index (χ0n) is 16.6. The van der Waals surface area contributed by atoms with Gasteiger partial charge in [-0.05, 0) is 58.1 Å². The quantitative estimate of drug-likeness (QED) is 0.601. The van der Waals surface area contributed by atoms with Crippen LogP contribution in [0.5, 0.6) is 0 Å². The normalized spacial score (nSPS) is 12.4. The Hall–Kier alpha value is -2.19. The molecular formula is C21H25BrN2O4S. The molecule has 8 heteroatoms. The molecule has 0 saturated carbocycles. The molecule has 0 aliphatic heterocycles. The van der Waals surface area contributed by atoms with Gasteiger partial charge in [0.2, 0.25) is 5.91 Å². The monoisotopic (exact) mass is 480 g/mol. The lowest BCUT2D eigenvalue weighted by atomic mass is 10.0. The van der Waals surface area contributed by atoms with Crippen LogP contribution >= 0.6 is 15.9 Å². The first kappa shape index (κ1) is 23.1. The van der Waals surface area contributed by atoms with Gasteiger partial charge in [0.05, 0.1) is 11.3 Å². The van der Waals surface area contributed by atoms with Crippen LogP contribution in [0.3, 0.4) is 0 Å². The largest absolute Gasteiger partial charge is 0.340 e. The minimum absolute atomic E-state index is 0.0229. The molecule has 0 fully saturated rings. The predicted molar refractivity (Wildman–Crippen MR) is 119 cm³/mol. The minimum atomic E-state index is -3.29. The average Bonchev–Trinajstić information content (AvgIpc) is 2.64. The molecule has 1 atom stereocenters. The van der Waals surface area contributed by atoms with E-state index in [-0.39, 0.29) is 12.2 Å². The highest BCUT2D eigenvalue weighted by Crippen LogP contribution is 2.18. The molecule has 2 aromatic rings. The van der Waals surface area contributed by atoms with Crippen LogP contribution in [0.1, 0.15) is 42.1 Å². The van der Waals surface area contributed by atoms with Crippen LogP contribution in [0.2, 0.25) is 0 Å². The number of hydrogen-bond acceptors (Lipinski definition) is 4. The summed E-state index contributed by atoms with van der Waals surface area (Å²) in [7, 11) is -3.29. The maximum atomic E-state index is 12.8. The van der Waals surface area contributed by atoms with Crippen molar-refractivity contribution in [3.63, 3.8) is 0 Å². The van der Waals surface area contributed by atoms with Crippen LogP contribution in [-0.2, 0) is 14.6 Å². The van der Waals surface area contributed by atoms with Gasteiger partial charge in [0, 0.05) is 16.4 Å². The molecule has 0 saturated heterocycles. The summed E-state index contributed by atoms with van der Waals surface area (Å²) in [5.41, 5.74) is 2.09. The topological polar surface area (TPSA) is 92.3 Å². The second kappa shape index (κ2) is 10.0. The molecule has 2 N–H and O–H groups in total. The molecule has 2 rings (SSSR count). The number of sulfone groups is 1. The zero-order valence-corrected chi connectivity index (χ0v) is 19.0. The summed E-state index contributed by atoms with van der Waals surface area (Å²) in [5, 5.41) is 5.41. The van der Waals surface area contributed by atoms with Crippen LogP contribution in [0.4, 0.5) is 5.69 Å². The van der Waals surface area contributed by atoms with Gasteiger partial charge in [-0.15, -0.1) is 0 Å². The highest BCUT2D eigenvalue weighted by atomic mass is 79.9. The maximum absolute atomic E-state index is 12.8. The van der Waals surface area contributed by atoms with E-state index in [2.05, 4.69) is 40.4 Å². The van der Waals surface area contributed by atoms with E-state index >= 15 is 0 Å². The first-order valence-corrected chi connectivity index (χ1v) is 12.1. The van der Waals surface area contributed by atoms with Crippen LogP contribution in [0.15, 0.2) is 53.0 Å². The summed E-state index contributed by atoms with van der Waals surface area (Å²) in [4.78, 5) is 25.4. The molecule has 29 heavy (non-hydrogen) atoms. The smallest absolute Gasteiger partial charge is 0.253 e. The third kappa shape index (κ3) is 7.29. The molecule has 0 radical (unpaired) electrons. The molecule has 156 valence electrons. The summed E-state index contributed by atoms with van der Waals surface area (Å²) in [6.45, 7) is 4.15. The number of benzene rings is 2. The first-order chi connectivity index (χ1) is 13.6.